The number of aliphatic hydroxyl groups excluding tert-OH is 1. The van der Waals surface area contributed by atoms with E-state index < -0.39 is 0 Å². The van der Waals surface area contributed by atoms with Crippen LogP contribution in [0.1, 0.15) is 57.6 Å². The lowest BCUT2D eigenvalue weighted by atomic mass is 9.72. The highest BCUT2D eigenvalue weighted by Gasteiger charge is 2.30. The van der Waals surface area contributed by atoms with E-state index in [0.717, 1.165) is 44.8 Å². The van der Waals surface area contributed by atoms with Crippen molar-refractivity contribution < 1.29 is 14.7 Å². The zero-order chi connectivity index (χ0) is 17.9. The Morgan fingerprint density at radius 1 is 1.12 bits per heavy atom. The molecule has 1 saturated carbocycles. The first kappa shape index (κ1) is 18.9. The van der Waals surface area contributed by atoms with Crippen molar-refractivity contribution in [3.8, 4) is 0 Å². The highest BCUT2D eigenvalue weighted by molar-refractivity contribution is 5.27. The number of nitrogens with one attached hydrogen (secondary N) is 1. The molecule has 3 nitrogen and oxygen atoms in total. The Labute approximate surface area is 153 Å². The molecule has 1 fully saturated rings. The molecule has 1 heterocycles. The van der Waals surface area contributed by atoms with Crippen LogP contribution in [0.5, 0.6) is 0 Å². The van der Waals surface area contributed by atoms with Crippen LogP contribution in [0.2, 0.25) is 0 Å². The predicted molar refractivity (Wildman–Crippen MR) is 102 cm³/mol. The molecule has 0 radical (unpaired) electrons. The average Bonchev–Trinajstić information content (AvgIpc) is 2.59. The molecule has 0 saturated heterocycles. The van der Waals surface area contributed by atoms with Gasteiger partial charge in [0.25, 0.3) is 0 Å². The maximum absolute atomic E-state index is 10.4. The van der Waals surface area contributed by atoms with Crippen molar-refractivity contribution in [2.24, 2.45) is 11.3 Å². The molecule has 1 aromatic rings. The number of rotatable bonds is 5. The summed E-state index contributed by atoms with van der Waals surface area (Å²) >= 11 is 0. The number of hydrogen-bond acceptors (Lipinski definition) is 2. The lowest BCUT2D eigenvalue weighted by Crippen LogP contribution is -3.13. The van der Waals surface area contributed by atoms with Gasteiger partial charge >= 0.3 is 0 Å². The molecule has 140 valence electrons. The minimum absolute atomic E-state index is 0.347. The molecule has 3 heteroatoms. The Morgan fingerprint density at radius 2 is 1.80 bits per heavy atom. The van der Waals surface area contributed by atoms with E-state index in [1.54, 1.807) is 0 Å². The Morgan fingerprint density at radius 3 is 2.48 bits per heavy atom. The van der Waals surface area contributed by atoms with Gasteiger partial charge in [-0.3, -0.25) is 0 Å². The summed E-state index contributed by atoms with van der Waals surface area (Å²) in [7, 11) is 0. The third-order valence-electron chi connectivity index (χ3n) is 6.25. The molecule has 1 aromatic carbocycles. The molecule has 1 unspecified atom stereocenters. The highest BCUT2D eigenvalue weighted by atomic mass is 16.5. The smallest absolute Gasteiger partial charge is 0.126 e. The van der Waals surface area contributed by atoms with Gasteiger partial charge in [0.1, 0.15) is 19.2 Å². The number of benzene rings is 1. The van der Waals surface area contributed by atoms with Crippen molar-refractivity contribution in [2.45, 2.75) is 71.6 Å². The van der Waals surface area contributed by atoms with Crippen LogP contribution >= 0.6 is 0 Å². The third kappa shape index (κ3) is 5.29. The summed E-state index contributed by atoms with van der Waals surface area (Å²) in [5, 5.41) is 10.4. The maximum atomic E-state index is 10.4. The van der Waals surface area contributed by atoms with Crippen LogP contribution in [0.15, 0.2) is 24.3 Å². The van der Waals surface area contributed by atoms with Crippen LogP contribution in [-0.4, -0.2) is 37.0 Å². The summed E-state index contributed by atoms with van der Waals surface area (Å²) in [5.74, 6) is 0.815. The van der Waals surface area contributed by atoms with E-state index in [-0.39, 0.29) is 6.10 Å². The molecule has 2 N–H and O–H groups in total. The van der Waals surface area contributed by atoms with E-state index in [0.29, 0.717) is 18.1 Å². The lowest BCUT2D eigenvalue weighted by Gasteiger charge is -2.37. The lowest BCUT2D eigenvalue weighted by molar-refractivity contribution is -0.919. The Bertz CT molecular complexity index is 543. The normalized spacial score (nSPS) is 28.4. The van der Waals surface area contributed by atoms with Crippen molar-refractivity contribution in [3.63, 3.8) is 0 Å². The summed E-state index contributed by atoms with van der Waals surface area (Å²) in [6.07, 6.45) is 5.95. The Kier molecular flexibility index (Phi) is 6.19. The summed E-state index contributed by atoms with van der Waals surface area (Å²) in [4.78, 5) is 1.48. The van der Waals surface area contributed by atoms with Crippen LogP contribution in [0.25, 0.3) is 0 Å². The van der Waals surface area contributed by atoms with Gasteiger partial charge in [-0.2, -0.15) is 0 Å². The zero-order valence-corrected chi connectivity index (χ0v) is 16.3. The van der Waals surface area contributed by atoms with Crippen molar-refractivity contribution in [1.82, 2.24) is 0 Å². The number of hydrogen-bond donors (Lipinski definition) is 2. The SMILES string of the molecule is CC(C)(C)C1CCC(OC[C@@H](O)C[NH+]2CCc3ccccc3C2)CC1. The molecule has 0 bridgehead atoms. The Hall–Kier alpha value is -0.900. The first-order valence-electron chi connectivity index (χ1n) is 10.1. The second-order valence-corrected chi connectivity index (χ2v) is 9.23. The van der Waals surface area contributed by atoms with Gasteiger partial charge in [0.05, 0.1) is 19.3 Å². The predicted octanol–water partition coefficient (Wildman–Crippen LogP) is 2.61. The summed E-state index contributed by atoms with van der Waals surface area (Å²) in [6.45, 7) is 10.5. The summed E-state index contributed by atoms with van der Waals surface area (Å²) in [6, 6.07) is 8.71. The molecular formula is C22H36NO2+. The molecule has 3 rings (SSSR count). The standard InChI is InChI=1S/C22H35NO2/c1-22(2,3)19-8-10-21(11-9-19)25-16-20(24)15-23-13-12-17-6-4-5-7-18(17)14-23/h4-7,19-21,24H,8-16H2,1-3H3/p+1/t19?,20-,21?/m0/s1. The second-order valence-electron chi connectivity index (χ2n) is 9.23. The average molecular weight is 347 g/mol. The highest BCUT2D eigenvalue weighted by Crippen LogP contribution is 2.38. The van der Waals surface area contributed by atoms with Crippen molar-refractivity contribution in [1.29, 1.82) is 0 Å². The van der Waals surface area contributed by atoms with E-state index in [4.69, 9.17) is 4.74 Å². The van der Waals surface area contributed by atoms with Gasteiger partial charge in [0.15, 0.2) is 0 Å². The fraction of sp³-hybridized carbons (Fsp3) is 0.727. The first-order chi connectivity index (χ1) is 11.9. The molecule has 1 aliphatic heterocycles. The van der Waals surface area contributed by atoms with Gasteiger partial charge in [-0.1, -0.05) is 45.0 Å². The largest absolute Gasteiger partial charge is 0.385 e. The molecule has 0 amide bonds. The quantitative estimate of drug-likeness (QED) is 0.859. The fourth-order valence-corrected chi connectivity index (χ4v) is 4.55. The minimum atomic E-state index is -0.347. The zero-order valence-electron chi connectivity index (χ0n) is 16.3. The van der Waals surface area contributed by atoms with Crippen LogP contribution in [-0.2, 0) is 17.7 Å². The van der Waals surface area contributed by atoms with Gasteiger partial charge in [-0.05, 0) is 42.6 Å². The summed E-state index contributed by atoms with van der Waals surface area (Å²) < 4.78 is 6.05. The van der Waals surface area contributed by atoms with Crippen molar-refractivity contribution in [2.75, 3.05) is 19.7 Å². The van der Waals surface area contributed by atoms with Gasteiger partial charge in [-0.25, -0.2) is 0 Å². The topological polar surface area (TPSA) is 33.9 Å². The number of fused-ring (bicyclic) bond motifs is 1. The molecule has 0 spiro atoms. The van der Waals surface area contributed by atoms with E-state index in [9.17, 15) is 5.11 Å². The van der Waals surface area contributed by atoms with Crippen LogP contribution < -0.4 is 4.90 Å². The van der Waals surface area contributed by atoms with E-state index in [1.165, 1.54) is 28.9 Å². The molecule has 1 aliphatic carbocycles. The van der Waals surface area contributed by atoms with E-state index in [1.807, 2.05) is 0 Å². The number of quaternary nitrogens is 1. The number of aliphatic hydroxyl groups is 1. The van der Waals surface area contributed by atoms with Crippen LogP contribution in [0.3, 0.4) is 0 Å². The van der Waals surface area contributed by atoms with Crippen molar-refractivity contribution >= 4 is 0 Å². The molecule has 0 aromatic heterocycles. The third-order valence-corrected chi connectivity index (χ3v) is 6.25. The number of ether oxygens (including phenoxy) is 1. The maximum Gasteiger partial charge on any atom is 0.126 e. The second kappa shape index (κ2) is 8.20. The minimum Gasteiger partial charge on any atom is -0.385 e. The van der Waals surface area contributed by atoms with Gasteiger partial charge in [0.2, 0.25) is 0 Å². The van der Waals surface area contributed by atoms with Crippen LogP contribution in [0.4, 0.5) is 0 Å². The molecular weight excluding hydrogens is 310 g/mol. The van der Waals surface area contributed by atoms with Crippen LogP contribution in [0, 0.1) is 11.3 Å². The van der Waals surface area contributed by atoms with Gasteiger partial charge in [-0.15, -0.1) is 0 Å². The Balaban J connectivity index is 1.37. The van der Waals surface area contributed by atoms with Gasteiger partial charge in [0, 0.05) is 12.0 Å². The monoisotopic (exact) mass is 346 g/mol. The first-order valence-corrected chi connectivity index (χ1v) is 10.1. The van der Waals surface area contributed by atoms with Crippen molar-refractivity contribution in [3.05, 3.63) is 35.4 Å². The van der Waals surface area contributed by atoms with Gasteiger partial charge < -0.3 is 14.7 Å². The molecule has 2 atom stereocenters. The molecule has 2 aliphatic rings. The van der Waals surface area contributed by atoms with E-state index >= 15 is 0 Å². The fourth-order valence-electron chi connectivity index (χ4n) is 4.55. The van der Waals surface area contributed by atoms with E-state index in [2.05, 4.69) is 45.0 Å². The summed E-state index contributed by atoms with van der Waals surface area (Å²) in [5.41, 5.74) is 3.34. The molecule has 25 heavy (non-hydrogen) atoms.